The maximum atomic E-state index is 10.8. The van der Waals surface area contributed by atoms with Crippen LogP contribution in [0.3, 0.4) is 0 Å². The Balaban J connectivity index is 0.00000281. The molecule has 4 N–H and O–H groups in total. The zero-order chi connectivity index (χ0) is 25.5. The van der Waals surface area contributed by atoms with Crippen LogP contribution in [0.2, 0.25) is 0 Å². The van der Waals surface area contributed by atoms with Crippen LogP contribution in [0, 0.1) is 0 Å². The van der Waals surface area contributed by atoms with E-state index in [4.69, 9.17) is 15.2 Å². The number of carbonyl (C=O) groups is 1. The van der Waals surface area contributed by atoms with Gasteiger partial charge in [0.25, 0.3) is 0 Å². The second-order valence-electron chi connectivity index (χ2n) is 8.62. The molecular formula is C26H45N3O5. The number of hydrogen-bond donors (Lipinski definition) is 3. The minimum absolute atomic E-state index is 0.0800. The Hall–Kier alpha value is -2.29. The number of carbonyl (C=O) groups excluding carboxylic acids is 1. The second-order valence-corrected chi connectivity index (χ2v) is 8.62. The summed E-state index contributed by atoms with van der Waals surface area (Å²) in [7, 11) is 6.08. The summed E-state index contributed by atoms with van der Waals surface area (Å²) < 4.78 is 11.4. The molecule has 0 aromatic heterocycles. The van der Waals surface area contributed by atoms with E-state index in [-0.39, 0.29) is 18.6 Å². The predicted molar refractivity (Wildman–Crippen MR) is 136 cm³/mol. The van der Waals surface area contributed by atoms with Gasteiger partial charge in [0, 0.05) is 40.3 Å². The van der Waals surface area contributed by atoms with E-state index in [1.807, 2.05) is 52.2 Å². The van der Waals surface area contributed by atoms with Crippen LogP contribution >= 0.6 is 0 Å². The maximum absolute atomic E-state index is 10.8. The summed E-state index contributed by atoms with van der Waals surface area (Å²) in [6.45, 7) is 4.85. The number of primary amides is 1. The van der Waals surface area contributed by atoms with Gasteiger partial charge in [-0.15, -0.1) is 0 Å². The Kier molecular flexibility index (Phi) is 14.3. The Morgan fingerprint density at radius 1 is 1.12 bits per heavy atom. The number of unbranched alkanes of at least 4 members (excludes halogenated alkanes) is 3. The van der Waals surface area contributed by atoms with Crippen molar-refractivity contribution in [1.82, 2.24) is 9.80 Å². The van der Waals surface area contributed by atoms with E-state index in [0.29, 0.717) is 25.0 Å². The van der Waals surface area contributed by atoms with Gasteiger partial charge in [-0.05, 0) is 55.5 Å². The van der Waals surface area contributed by atoms with Gasteiger partial charge in [0.05, 0.1) is 18.4 Å². The van der Waals surface area contributed by atoms with Gasteiger partial charge < -0.3 is 35.2 Å². The predicted octanol–water partition coefficient (Wildman–Crippen LogP) is 3.18. The molecule has 1 aliphatic heterocycles. The van der Waals surface area contributed by atoms with Gasteiger partial charge in [-0.2, -0.15) is 0 Å². The standard InChI is InChI=1S/C24H39N3O5.C2H6/c1-26(2)21(16-27(3)15-7-5-4-6-8-23(25)30)18-9-11-19(12-10-18)31-24-22(29)14-13-20(17-28)32-24;1-2/h9-12,16,20,22,24,28-29H,4-8,13-15,17H2,1-3H3,(H2,25,30);1-2H3/b21-16-;/t20?,22?,24-;/m0./s1. The SMILES string of the molecule is CC.CN(/C=C(/c1ccc(O[C@H]2OC(CO)CCC2O)cc1)N(C)C)CCCCCCC(N)=O. The molecule has 0 radical (unpaired) electrons. The molecule has 0 saturated carbocycles. The van der Waals surface area contributed by atoms with Gasteiger partial charge in [0.1, 0.15) is 11.9 Å². The summed E-state index contributed by atoms with van der Waals surface area (Å²) in [6, 6.07) is 7.70. The lowest BCUT2D eigenvalue weighted by molar-refractivity contribution is -0.208. The van der Waals surface area contributed by atoms with Gasteiger partial charge in [-0.25, -0.2) is 0 Å². The first-order valence-corrected chi connectivity index (χ1v) is 12.4. The molecule has 0 bridgehead atoms. The van der Waals surface area contributed by atoms with E-state index >= 15 is 0 Å². The summed E-state index contributed by atoms with van der Waals surface area (Å²) in [5, 5.41) is 19.4. The van der Waals surface area contributed by atoms with Crippen molar-refractivity contribution in [2.45, 2.75) is 77.3 Å². The van der Waals surface area contributed by atoms with Crippen molar-refractivity contribution in [3.63, 3.8) is 0 Å². The lowest BCUT2D eigenvalue weighted by Gasteiger charge is -2.33. The average Bonchev–Trinajstić information content (AvgIpc) is 2.82. The molecule has 3 atom stereocenters. The third-order valence-electron chi connectivity index (χ3n) is 5.54. The zero-order valence-corrected chi connectivity index (χ0v) is 21.6. The first-order chi connectivity index (χ1) is 16.3. The van der Waals surface area contributed by atoms with E-state index in [2.05, 4.69) is 23.0 Å². The minimum atomic E-state index is -0.773. The lowest BCUT2D eigenvalue weighted by Crippen LogP contribution is -2.43. The number of nitrogens with zero attached hydrogens (tertiary/aromatic N) is 2. The van der Waals surface area contributed by atoms with Crippen LogP contribution in [0.15, 0.2) is 30.5 Å². The van der Waals surface area contributed by atoms with Gasteiger partial charge >= 0.3 is 0 Å². The molecule has 1 aromatic carbocycles. The number of rotatable bonds is 13. The highest BCUT2D eigenvalue weighted by Gasteiger charge is 2.31. The number of amides is 1. The highest BCUT2D eigenvalue weighted by molar-refractivity contribution is 5.73. The van der Waals surface area contributed by atoms with Gasteiger partial charge in [-0.1, -0.05) is 26.7 Å². The maximum Gasteiger partial charge on any atom is 0.226 e. The number of aliphatic hydroxyl groups excluding tert-OH is 2. The smallest absolute Gasteiger partial charge is 0.226 e. The molecule has 1 saturated heterocycles. The quantitative estimate of drug-likeness (QED) is 0.373. The van der Waals surface area contributed by atoms with Crippen LogP contribution in [0.25, 0.3) is 5.70 Å². The van der Waals surface area contributed by atoms with Crippen LogP contribution in [0.4, 0.5) is 0 Å². The van der Waals surface area contributed by atoms with Crippen molar-refractivity contribution in [2.24, 2.45) is 5.73 Å². The lowest BCUT2D eigenvalue weighted by atomic mass is 10.1. The Labute approximate surface area is 205 Å². The van der Waals surface area contributed by atoms with Crippen molar-refractivity contribution < 1.29 is 24.5 Å². The Morgan fingerprint density at radius 2 is 1.76 bits per heavy atom. The number of benzene rings is 1. The van der Waals surface area contributed by atoms with Gasteiger partial charge in [0.2, 0.25) is 12.2 Å². The van der Waals surface area contributed by atoms with Crippen molar-refractivity contribution in [3.05, 3.63) is 36.0 Å². The van der Waals surface area contributed by atoms with Gasteiger partial charge in [-0.3, -0.25) is 4.79 Å². The molecule has 1 aliphatic rings. The van der Waals surface area contributed by atoms with Crippen LogP contribution in [0.1, 0.15) is 64.4 Å². The molecule has 8 nitrogen and oxygen atoms in total. The highest BCUT2D eigenvalue weighted by Crippen LogP contribution is 2.25. The largest absolute Gasteiger partial charge is 0.462 e. The molecule has 1 amide bonds. The zero-order valence-electron chi connectivity index (χ0n) is 21.6. The highest BCUT2D eigenvalue weighted by atomic mass is 16.7. The number of hydrogen-bond acceptors (Lipinski definition) is 7. The molecule has 1 fully saturated rings. The summed E-state index contributed by atoms with van der Waals surface area (Å²) in [6.07, 6.45) is 5.96. The van der Waals surface area contributed by atoms with Gasteiger partial charge in [0.15, 0.2) is 0 Å². The first kappa shape index (κ1) is 29.7. The van der Waals surface area contributed by atoms with E-state index in [0.717, 1.165) is 43.5 Å². The third kappa shape index (κ3) is 10.8. The normalized spacial score (nSPS) is 20.2. The molecule has 1 heterocycles. The summed E-state index contributed by atoms with van der Waals surface area (Å²) in [5.74, 6) is 0.382. The monoisotopic (exact) mass is 479 g/mol. The van der Waals surface area contributed by atoms with Crippen LogP contribution < -0.4 is 10.5 Å². The van der Waals surface area contributed by atoms with Crippen molar-refractivity contribution >= 4 is 11.6 Å². The molecule has 34 heavy (non-hydrogen) atoms. The minimum Gasteiger partial charge on any atom is -0.462 e. The van der Waals surface area contributed by atoms with Crippen LogP contribution in [-0.2, 0) is 9.53 Å². The third-order valence-corrected chi connectivity index (χ3v) is 5.54. The Morgan fingerprint density at radius 3 is 2.35 bits per heavy atom. The van der Waals surface area contributed by atoms with Crippen molar-refractivity contribution in [1.29, 1.82) is 0 Å². The fraction of sp³-hybridized carbons (Fsp3) is 0.654. The van der Waals surface area contributed by atoms with E-state index in [1.165, 1.54) is 0 Å². The number of ether oxygens (including phenoxy) is 2. The molecule has 0 spiro atoms. The fourth-order valence-electron chi connectivity index (χ4n) is 3.66. The molecule has 2 unspecified atom stereocenters. The average molecular weight is 480 g/mol. The van der Waals surface area contributed by atoms with E-state index in [1.54, 1.807) is 0 Å². The van der Waals surface area contributed by atoms with Crippen molar-refractivity contribution in [2.75, 3.05) is 34.3 Å². The topological polar surface area (TPSA) is 108 Å². The molecule has 8 heteroatoms. The molecular weight excluding hydrogens is 434 g/mol. The van der Waals surface area contributed by atoms with E-state index < -0.39 is 12.4 Å². The van der Waals surface area contributed by atoms with Crippen LogP contribution in [0.5, 0.6) is 5.75 Å². The number of aliphatic hydroxyl groups is 2. The summed E-state index contributed by atoms with van der Waals surface area (Å²) in [4.78, 5) is 15.0. The molecule has 1 aromatic rings. The number of nitrogens with two attached hydrogens (primary N) is 1. The van der Waals surface area contributed by atoms with Crippen molar-refractivity contribution in [3.8, 4) is 5.75 Å². The first-order valence-electron chi connectivity index (χ1n) is 12.4. The Bertz CT molecular complexity index is 724. The molecule has 194 valence electrons. The fourth-order valence-corrected chi connectivity index (χ4v) is 3.66. The van der Waals surface area contributed by atoms with Crippen LogP contribution in [-0.4, -0.2) is 78.7 Å². The second kappa shape index (κ2) is 16.4. The molecule has 0 aliphatic carbocycles. The molecule has 2 rings (SSSR count). The van der Waals surface area contributed by atoms with E-state index in [9.17, 15) is 15.0 Å². The summed E-state index contributed by atoms with van der Waals surface area (Å²) in [5.41, 5.74) is 7.29. The summed E-state index contributed by atoms with van der Waals surface area (Å²) >= 11 is 0.